The Morgan fingerprint density at radius 3 is 2.69 bits per heavy atom. The summed E-state index contributed by atoms with van der Waals surface area (Å²) in [6.45, 7) is 1.04. The number of hydrogen-bond donors (Lipinski definition) is 2. The molecule has 0 saturated carbocycles. The summed E-state index contributed by atoms with van der Waals surface area (Å²) in [7, 11) is 1.27. The molecule has 1 fully saturated rings. The van der Waals surface area contributed by atoms with Crippen LogP contribution in [0.5, 0.6) is 0 Å². The van der Waals surface area contributed by atoms with Crippen molar-refractivity contribution < 1.29 is 19.4 Å². The summed E-state index contributed by atoms with van der Waals surface area (Å²) in [4.78, 5) is 21.9. The number of hydrogen-bond acceptors (Lipinski definition) is 4. The number of aliphatic carboxylic acids is 1. The second-order valence-electron chi connectivity index (χ2n) is 3.07. The summed E-state index contributed by atoms with van der Waals surface area (Å²) in [5.74, 6) is -2.51. The highest BCUT2D eigenvalue weighted by Crippen LogP contribution is 2.20. The number of methoxy groups -OCH3 is 1. The molecule has 74 valence electrons. The number of rotatable bonds is 2. The lowest BCUT2D eigenvalue weighted by molar-refractivity contribution is -0.156. The van der Waals surface area contributed by atoms with E-state index < -0.39 is 23.8 Å². The molecular formula is C8H13NO4. The fourth-order valence-electron chi connectivity index (χ4n) is 1.55. The molecule has 0 radical (unpaired) electrons. The van der Waals surface area contributed by atoms with Crippen molar-refractivity contribution in [1.82, 2.24) is 5.32 Å². The van der Waals surface area contributed by atoms with Crippen LogP contribution >= 0.6 is 0 Å². The average molecular weight is 187 g/mol. The zero-order chi connectivity index (χ0) is 9.84. The highest BCUT2D eigenvalue weighted by atomic mass is 16.5. The number of nitrogens with one attached hydrogen (secondary N) is 1. The molecule has 1 aliphatic heterocycles. The summed E-state index contributed by atoms with van der Waals surface area (Å²) in [5, 5.41) is 11.8. The summed E-state index contributed by atoms with van der Waals surface area (Å²) >= 11 is 0. The standard InChI is InChI=1S/C8H13NO4/c1-13-8(12)6-4-9-3-2-5(6)7(10)11/h5-6,9H,2-4H2,1H3,(H,10,11)/t5-,6-/m1/s1. The molecule has 0 aromatic rings. The van der Waals surface area contributed by atoms with Crippen molar-refractivity contribution in [2.24, 2.45) is 11.8 Å². The summed E-state index contributed by atoms with van der Waals surface area (Å²) in [5.41, 5.74) is 0. The molecule has 5 nitrogen and oxygen atoms in total. The van der Waals surface area contributed by atoms with Crippen LogP contribution in [0.1, 0.15) is 6.42 Å². The highest BCUT2D eigenvalue weighted by molar-refractivity contribution is 5.81. The molecule has 0 unspecified atom stereocenters. The van der Waals surface area contributed by atoms with Crippen LogP contribution in [0.2, 0.25) is 0 Å². The molecule has 0 bridgehead atoms. The van der Waals surface area contributed by atoms with Gasteiger partial charge in [-0.15, -0.1) is 0 Å². The number of piperidine rings is 1. The van der Waals surface area contributed by atoms with Crippen molar-refractivity contribution in [3.8, 4) is 0 Å². The molecule has 1 heterocycles. The summed E-state index contributed by atoms with van der Waals surface area (Å²) in [6, 6.07) is 0. The molecule has 2 atom stereocenters. The van der Waals surface area contributed by atoms with Crippen LogP contribution in [0.15, 0.2) is 0 Å². The first-order valence-electron chi connectivity index (χ1n) is 4.18. The molecule has 0 aromatic carbocycles. The SMILES string of the molecule is COC(=O)[C@@H]1CNCC[C@H]1C(=O)O. The van der Waals surface area contributed by atoms with Crippen LogP contribution in [0.25, 0.3) is 0 Å². The maximum atomic E-state index is 11.2. The molecule has 0 aromatic heterocycles. The van der Waals surface area contributed by atoms with E-state index in [0.717, 1.165) is 0 Å². The van der Waals surface area contributed by atoms with E-state index in [1.165, 1.54) is 7.11 Å². The first kappa shape index (κ1) is 9.98. The second-order valence-corrected chi connectivity index (χ2v) is 3.07. The minimum Gasteiger partial charge on any atom is -0.481 e. The number of esters is 1. The van der Waals surface area contributed by atoms with Gasteiger partial charge >= 0.3 is 11.9 Å². The van der Waals surface area contributed by atoms with Gasteiger partial charge in [-0.1, -0.05) is 0 Å². The molecule has 0 spiro atoms. The van der Waals surface area contributed by atoms with Gasteiger partial charge in [0.2, 0.25) is 0 Å². The van der Waals surface area contributed by atoms with Gasteiger partial charge in [-0.25, -0.2) is 0 Å². The van der Waals surface area contributed by atoms with Gasteiger partial charge in [-0.3, -0.25) is 9.59 Å². The molecule has 1 aliphatic rings. The Kier molecular flexibility index (Phi) is 3.25. The van der Waals surface area contributed by atoms with Crippen LogP contribution < -0.4 is 5.32 Å². The Labute approximate surface area is 76.1 Å². The van der Waals surface area contributed by atoms with Crippen LogP contribution in [-0.2, 0) is 14.3 Å². The van der Waals surface area contributed by atoms with Crippen molar-refractivity contribution in [3.05, 3.63) is 0 Å². The third-order valence-corrected chi connectivity index (χ3v) is 2.30. The maximum Gasteiger partial charge on any atom is 0.310 e. The predicted octanol–water partition coefficient (Wildman–Crippen LogP) is -0.530. The quantitative estimate of drug-likeness (QED) is 0.568. The fraction of sp³-hybridized carbons (Fsp3) is 0.750. The molecule has 0 amide bonds. The Morgan fingerprint density at radius 1 is 1.46 bits per heavy atom. The van der Waals surface area contributed by atoms with E-state index in [9.17, 15) is 9.59 Å². The van der Waals surface area contributed by atoms with E-state index in [2.05, 4.69) is 10.1 Å². The van der Waals surface area contributed by atoms with Crippen LogP contribution in [0.4, 0.5) is 0 Å². The van der Waals surface area contributed by atoms with Crippen LogP contribution in [0, 0.1) is 11.8 Å². The van der Waals surface area contributed by atoms with E-state index >= 15 is 0 Å². The minimum absolute atomic E-state index is 0.393. The average Bonchev–Trinajstić information content (AvgIpc) is 2.16. The van der Waals surface area contributed by atoms with Crippen LogP contribution in [0.3, 0.4) is 0 Å². The van der Waals surface area contributed by atoms with Gasteiger partial charge in [-0.05, 0) is 13.0 Å². The molecule has 1 rings (SSSR count). The van der Waals surface area contributed by atoms with E-state index in [-0.39, 0.29) is 0 Å². The van der Waals surface area contributed by atoms with E-state index in [1.54, 1.807) is 0 Å². The lowest BCUT2D eigenvalue weighted by Gasteiger charge is -2.26. The topological polar surface area (TPSA) is 75.6 Å². The van der Waals surface area contributed by atoms with Gasteiger partial charge < -0.3 is 15.2 Å². The Hall–Kier alpha value is -1.10. The normalized spacial score (nSPS) is 28.1. The number of carbonyl (C=O) groups excluding carboxylic acids is 1. The smallest absolute Gasteiger partial charge is 0.310 e. The zero-order valence-electron chi connectivity index (χ0n) is 7.45. The molecule has 5 heteroatoms. The summed E-state index contributed by atoms with van der Waals surface area (Å²) in [6.07, 6.45) is 0.481. The first-order chi connectivity index (χ1) is 6.16. The van der Waals surface area contributed by atoms with Crippen molar-refractivity contribution in [2.75, 3.05) is 20.2 Å². The predicted molar refractivity (Wildman–Crippen MR) is 44.1 cm³/mol. The highest BCUT2D eigenvalue weighted by Gasteiger charge is 2.36. The Balaban J connectivity index is 2.67. The molecule has 1 saturated heterocycles. The molecule has 0 aliphatic carbocycles. The van der Waals surface area contributed by atoms with Gasteiger partial charge in [-0.2, -0.15) is 0 Å². The van der Waals surface area contributed by atoms with E-state index in [0.29, 0.717) is 19.5 Å². The van der Waals surface area contributed by atoms with Crippen molar-refractivity contribution in [1.29, 1.82) is 0 Å². The van der Waals surface area contributed by atoms with Crippen LogP contribution in [-0.4, -0.2) is 37.2 Å². The molecule has 13 heavy (non-hydrogen) atoms. The van der Waals surface area contributed by atoms with E-state index in [4.69, 9.17) is 5.11 Å². The largest absolute Gasteiger partial charge is 0.481 e. The lowest BCUT2D eigenvalue weighted by atomic mass is 9.86. The number of carbonyl (C=O) groups is 2. The van der Waals surface area contributed by atoms with Gasteiger partial charge in [0, 0.05) is 6.54 Å². The van der Waals surface area contributed by atoms with Gasteiger partial charge in [0.1, 0.15) is 0 Å². The van der Waals surface area contributed by atoms with Crippen molar-refractivity contribution in [3.63, 3.8) is 0 Å². The number of ether oxygens (including phenoxy) is 1. The number of carboxylic acids is 1. The Morgan fingerprint density at radius 2 is 2.15 bits per heavy atom. The second kappa shape index (κ2) is 4.23. The third kappa shape index (κ3) is 2.18. The Bertz CT molecular complexity index is 216. The molecule has 2 N–H and O–H groups in total. The van der Waals surface area contributed by atoms with Crippen molar-refractivity contribution >= 4 is 11.9 Å². The first-order valence-corrected chi connectivity index (χ1v) is 4.18. The van der Waals surface area contributed by atoms with Crippen molar-refractivity contribution in [2.45, 2.75) is 6.42 Å². The minimum atomic E-state index is -0.920. The number of carboxylic acid groups (broad SMARTS) is 1. The van der Waals surface area contributed by atoms with Gasteiger partial charge in [0.05, 0.1) is 18.9 Å². The summed E-state index contributed by atoms with van der Waals surface area (Å²) < 4.78 is 4.53. The van der Waals surface area contributed by atoms with Gasteiger partial charge in [0.15, 0.2) is 0 Å². The fourth-order valence-corrected chi connectivity index (χ4v) is 1.55. The van der Waals surface area contributed by atoms with Gasteiger partial charge in [0.25, 0.3) is 0 Å². The maximum absolute atomic E-state index is 11.2. The zero-order valence-corrected chi connectivity index (χ0v) is 7.45. The lowest BCUT2D eigenvalue weighted by Crippen LogP contribution is -2.44. The third-order valence-electron chi connectivity index (χ3n) is 2.30. The molecular weight excluding hydrogens is 174 g/mol. The monoisotopic (exact) mass is 187 g/mol. The van der Waals surface area contributed by atoms with E-state index in [1.807, 2.05) is 0 Å².